The molecule has 1 aromatic heterocycles. The lowest BCUT2D eigenvalue weighted by atomic mass is 10.1. The van der Waals surface area contributed by atoms with Crippen LogP contribution in [0.25, 0.3) is 0 Å². The number of hydrogen-bond donors (Lipinski definition) is 1. The van der Waals surface area contributed by atoms with Crippen LogP contribution in [0.3, 0.4) is 0 Å². The molecule has 0 spiro atoms. The van der Waals surface area contributed by atoms with Crippen molar-refractivity contribution in [3.8, 4) is 5.75 Å². The van der Waals surface area contributed by atoms with Crippen LogP contribution in [0.4, 0.5) is 5.69 Å². The first kappa shape index (κ1) is 14.0. The Balaban J connectivity index is 1.48. The average molecular weight is 286 g/mol. The monoisotopic (exact) mass is 286 g/mol. The van der Waals surface area contributed by atoms with E-state index in [0.29, 0.717) is 5.92 Å². The van der Waals surface area contributed by atoms with Crippen LogP contribution in [0.15, 0.2) is 47.1 Å². The zero-order valence-corrected chi connectivity index (χ0v) is 12.4. The Morgan fingerprint density at radius 2 is 2.29 bits per heavy atom. The molecule has 4 nitrogen and oxygen atoms in total. The second-order valence-electron chi connectivity index (χ2n) is 5.51. The molecule has 0 bridgehead atoms. The number of furan rings is 1. The predicted octanol–water partition coefficient (Wildman–Crippen LogP) is 2.90. The Kier molecular flexibility index (Phi) is 4.46. The lowest BCUT2D eigenvalue weighted by Crippen LogP contribution is -2.26. The second kappa shape index (κ2) is 6.68. The minimum Gasteiger partial charge on any atom is -0.497 e. The Hall–Kier alpha value is -1.94. The van der Waals surface area contributed by atoms with Gasteiger partial charge in [0, 0.05) is 31.4 Å². The van der Waals surface area contributed by atoms with Gasteiger partial charge in [0.25, 0.3) is 0 Å². The van der Waals surface area contributed by atoms with Crippen LogP contribution in [0.2, 0.25) is 0 Å². The quantitative estimate of drug-likeness (QED) is 0.886. The normalized spacial score (nSPS) is 18.1. The van der Waals surface area contributed by atoms with Gasteiger partial charge in [0.15, 0.2) is 0 Å². The summed E-state index contributed by atoms with van der Waals surface area (Å²) in [5, 5.41) is 3.48. The molecule has 1 saturated heterocycles. The van der Waals surface area contributed by atoms with Crippen molar-refractivity contribution in [2.75, 3.05) is 31.6 Å². The summed E-state index contributed by atoms with van der Waals surface area (Å²) in [6.07, 6.45) is 2.94. The molecule has 0 unspecified atom stereocenters. The summed E-state index contributed by atoms with van der Waals surface area (Å²) in [6, 6.07) is 12.2. The van der Waals surface area contributed by atoms with Gasteiger partial charge in [-0.2, -0.15) is 0 Å². The van der Waals surface area contributed by atoms with E-state index in [1.165, 1.54) is 12.1 Å². The third kappa shape index (κ3) is 3.58. The fraction of sp³-hybridized carbons (Fsp3) is 0.412. The SMILES string of the molecule is COc1cccc(N2CC[C@@H](CNCc3ccco3)C2)c1. The van der Waals surface area contributed by atoms with Gasteiger partial charge in [0.05, 0.1) is 19.9 Å². The van der Waals surface area contributed by atoms with Gasteiger partial charge in [-0.25, -0.2) is 0 Å². The number of hydrogen-bond acceptors (Lipinski definition) is 4. The maximum Gasteiger partial charge on any atom is 0.120 e. The molecule has 0 amide bonds. The molecule has 1 aliphatic rings. The number of rotatable bonds is 6. The highest BCUT2D eigenvalue weighted by Gasteiger charge is 2.22. The number of ether oxygens (including phenoxy) is 1. The third-order valence-corrected chi connectivity index (χ3v) is 4.02. The summed E-state index contributed by atoms with van der Waals surface area (Å²) in [6.45, 7) is 4.04. The molecule has 0 saturated carbocycles. The first-order valence-corrected chi connectivity index (χ1v) is 7.47. The summed E-state index contributed by atoms with van der Waals surface area (Å²) in [5.74, 6) is 2.61. The van der Waals surface area contributed by atoms with E-state index in [1.54, 1.807) is 13.4 Å². The lowest BCUT2D eigenvalue weighted by molar-refractivity contribution is 0.415. The summed E-state index contributed by atoms with van der Waals surface area (Å²) >= 11 is 0. The van der Waals surface area contributed by atoms with Crippen molar-refractivity contribution in [2.24, 2.45) is 5.92 Å². The van der Waals surface area contributed by atoms with Crippen LogP contribution < -0.4 is 15.0 Å². The van der Waals surface area contributed by atoms with Crippen molar-refractivity contribution in [2.45, 2.75) is 13.0 Å². The van der Waals surface area contributed by atoms with E-state index in [9.17, 15) is 0 Å². The van der Waals surface area contributed by atoms with Gasteiger partial charge in [0.1, 0.15) is 11.5 Å². The van der Waals surface area contributed by atoms with Gasteiger partial charge in [-0.3, -0.25) is 0 Å². The van der Waals surface area contributed by atoms with Gasteiger partial charge < -0.3 is 19.4 Å². The molecule has 1 N–H and O–H groups in total. The molecule has 21 heavy (non-hydrogen) atoms. The fourth-order valence-corrected chi connectivity index (χ4v) is 2.85. The van der Waals surface area contributed by atoms with E-state index in [-0.39, 0.29) is 0 Å². The predicted molar refractivity (Wildman–Crippen MR) is 83.7 cm³/mol. The smallest absolute Gasteiger partial charge is 0.120 e. The number of methoxy groups -OCH3 is 1. The van der Waals surface area contributed by atoms with E-state index in [4.69, 9.17) is 9.15 Å². The van der Waals surface area contributed by atoms with Crippen LogP contribution in [-0.4, -0.2) is 26.7 Å². The molecular formula is C17H22N2O2. The Bertz CT molecular complexity index is 554. The highest BCUT2D eigenvalue weighted by Crippen LogP contribution is 2.26. The molecule has 2 heterocycles. The van der Waals surface area contributed by atoms with E-state index >= 15 is 0 Å². The minimum atomic E-state index is 0.686. The molecule has 2 aromatic rings. The maximum absolute atomic E-state index is 5.33. The first-order valence-electron chi connectivity index (χ1n) is 7.47. The largest absolute Gasteiger partial charge is 0.497 e. The second-order valence-corrected chi connectivity index (χ2v) is 5.51. The molecule has 0 radical (unpaired) electrons. The molecule has 0 aliphatic carbocycles. The maximum atomic E-state index is 5.33. The zero-order valence-electron chi connectivity index (χ0n) is 12.4. The standard InChI is InChI=1S/C17H22N2O2/c1-20-16-5-2-4-15(10-16)19-8-7-14(13-19)11-18-12-17-6-3-9-21-17/h2-6,9-10,14,18H,7-8,11-13H2,1H3/t14-/m0/s1. The van der Waals surface area contributed by atoms with Gasteiger partial charge in [-0.1, -0.05) is 6.07 Å². The Labute approximate surface area is 125 Å². The lowest BCUT2D eigenvalue weighted by Gasteiger charge is -2.19. The van der Waals surface area contributed by atoms with Crippen LogP contribution in [0.5, 0.6) is 5.75 Å². The van der Waals surface area contributed by atoms with Crippen molar-refractivity contribution in [3.05, 3.63) is 48.4 Å². The number of nitrogens with one attached hydrogen (secondary N) is 1. The van der Waals surface area contributed by atoms with Crippen molar-refractivity contribution >= 4 is 5.69 Å². The number of nitrogens with zero attached hydrogens (tertiary/aromatic N) is 1. The van der Waals surface area contributed by atoms with Gasteiger partial charge >= 0.3 is 0 Å². The molecule has 1 atom stereocenters. The molecule has 1 aliphatic heterocycles. The van der Waals surface area contributed by atoms with E-state index < -0.39 is 0 Å². The highest BCUT2D eigenvalue weighted by atomic mass is 16.5. The molecule has 112 valence electrons. The van der Waals surface area contributed by atoms with Gasteiger partial charge in [0.2, 0.25) is 0 Å². The zero-order chi connectivity index (χ0) is 14.5. The van der Waals surface area contributed by atoms with Gasteiger partial charge in [-0.15, -0.1) is 0 Å². The summed E-state index contributed by atoms with van der Waals surface area (Å²) in [4.78, 5) is 2.43. The summed E-state index contributed by atoms with van der Waals surface area (Å²) in [7, 11) is 1.71. The minimum absolute atomic E-state index is 0.686. The first-order chi connectivity index (χ1) is 10.3. The van der Waals surface area contributed by atoms with Crippen molar-refractivity contribution in [1.29, 1.82) is 0 Å². The number of anilines is 1. The van der Waals surface area contributed by atoms with Crippen LogP contribution in [0, 0.1) is 5.92 Å². The van der Waals surface area contributed by atoms with Crippen molar-refractivity contribution in [3.63, 3.8) is 0 Å². The topological polar surface area (TPSA) is 37.6 Å². The van der Waals surface area contributed by atoms with Crippen LogP contribution >= 0.6 is 0 Å². The summed E-state index contributed by atoms with van der Waals surface area (Å²) < 4.78 is 10.6. The fourth-order valence-electron chi connectivity index (χ4n) is 2.85. The molecule has 1 aromatic carbocycles. The van der Waals surface area contributed by atoms with Crippen molar-refractivity contribution in [1.82, 2.24) is 5.32 Å². The van der Waals surface area contributed by atoms with E-state index in [0.717, 1.165) is 37.7 Å². The number of benzene rings is 1. The molecule has 3 rings (SSSR count). The Morgan fingerprint density at radius 3 is 3.10 bits per heavy atom. The highest BCUT2D eigenvalue weighted by molar-refractivity contribution is 5.51. The van der Waals surface area contributed by atoms with E-state index in [1.807, 2.05) is 18.2 Å². The third-order valence-electron chi connectivity index (χ3n) is 4.02. The van der Waals surface area contributed by atoms with Crippen LogP contribution in [-0.2, 0) is 6.54 Å². The average Bonchev–Trinajstić information content (AvgIpc) is 3.19. The van der Waals surface area contributed by atoms with Crippen LogP contribution in [0.1, 0.15) is 12.2 Å². The molecular weight excluding hydrogens is 264 g/mol. The van der Waals surface area contributed by atoms with Crippen molar-refractivity contribution < 1.29 is 9.15 Å². The molecule has 4 heteroatoms. The van der Waals surface area contributed by atoms with E-state index in [2.05, 4.69) is 28.4 Å². The Morgan fingerprint density at radius 1 is 1.33 bits per heavy atom. The summed E-state index contributed by atoms with van der Waals surface area (Å²) in [5.41, 5.74) is 1.25. The molecule has 1 fully saturated rings. The van der Waals surface area contributed by atoms with Gasteiger partial charge in [-0.05, 0) is 36.6 Å².